The van der Waals surface area contributed by atoms with E-state index in [4.69, 9.17) is 38.1 Å². The standard InChI is InChI=1S/C21H13Cl2N5O4/c1-9-18-19(24)25-21(26-20(18)28(27-9)12-5-10(22)4-11(23)6-12)31-13-2-3-14-15(29)8-17(30)32-16(14)7-13/h2-8,29H,1H3,(H2,24,25,26). The maximum absolute atomic E-state index is 11.6. The lowest BCUT2D eigenvalue weighted by Gasteiger charge is -2.08. The fraction of sp³-hybridized carbons (Fsp3) is 0.0476. The first-order chi connectivity index (χ1) is 15.3. The summed E-state index contributed by atoms with van der Waals surface area (Å²) in [6, 6.07) is 10.5. The predicted molar refractivity (Wildman–Crippen MR) is 120 cm³/mol. The van der Waals surface area contributed by atoms with E-state index in [1.54, 1.807) is 41.9 Å². The van der Waals surface area contributed by atoms with E-state index in [9.17, 15) is 9.90 Å². The molecule has 160 valence electrons. The van der Waals surface area contributed by atoms with Gasteiger partial charge in [0.25, 0.3) is 0 Å². The first-order valence-corrected chi connectivity index (χ1v) is 9.98. The van der Waals surface area contributed by atoms with Crippen LogP contribution in [0.4, 0.5) is 5.82 Å². The molecule has 0 bridgehead atoms. The highest BCUT2D eigenvalue weighted by atomic mass is 35.5. The summed E-state index contributed by atoms with van der Waals surface area (Å²) >= 11 is 12.3. The minimum Gasteiger partial charge on any atom is -0.507 e. The third-order valence-corrected chi connectivity index (χ3v) is 5.14. The molecule has 3 heterocycles. The number of hydrogen-bond donors (Lipinski definition) is 2. The van der Waals surface area contributed by atoms with Gasteiger partial charge >= 0.3 is 11.6 Å². The van der Waals surface area contributed by atoms with Crippen LogP contribution in [0.2, 0.25) is 10.0 Å². The van der Waals surface area contributed by atoms with E-state index >= 15 is 0 Å². The van der Waals surface area contributed by atoms with Crippen LogP contribution in [0, 0.1) is 6.92 Å². The van der Waals surface area contributed by atoms with Crippen molar-refractivity contribution < 1.29 is 14.3 Å². The SMILES string of the molecule is Cc1nn(-c2cc(Cl)cc(Cl)c2)c2nc(Oc3ccc4c(O)cc(=O)oc4c3)nc(N)c12. The number of aromatic nitrogens is 4. The Hall–Kier alpha value is -3.82. The van der Waals surface area contributed by atoms with Gasteiger partial charge in [-0.1, -0.05) is 23.2 Å². The van der Waals surface area contributed by atoms with Crippen LogP contribution in [0.15, 0.2) is 51.7 Å². The summed E-state index contributed by atoms with van der Waals surface area (Å²) in [5.41, 5.74) is 7.23. The second kappa shape index (κ2) is 7.40. The Bertz CT molecular complexity index is 1580. The first kappa shape index (κ1) is 20.1. The number of aromatic hydroxyl groups is 1. The van der Waals surface area contributed by atoms with Crippen molar-refractivity contribution in [3.05, 3.63) is 68.6 Å². The minimum atomic E-state index is -0.686. The molecule has 0 aliphatic rings. The molecule has 0 aliphatic carbocycles. The maximum atomic E-state index is 11.6. The molecule has 32 heavy (non-hydrogen) atoms. The van der Waals surface area contributed by atoms with Crippen molar-refractivity contribution in [1.29, 1.82) is 0 Å². The quantitative estimate of drug-likeness (QED) is 0.366. The molecular weight excluding hydrogens is 457 g/mol. The molecular formula is C21H13Cl2N5O4. The zero-order valence-electron chi connectivity index (χ0n) is 16.3. The third-order valence-electron chi connectivity index (χ3n) is 4.70. The number of nitrogens with zero attached hydrogens (tertiary/aromatic N) is 4. The second-order valence-electron chi connectivity index (χ2n) is 6.93. The largest absolute Gasteiger partial charge is 0.507 e. The second-order valence-corrected chi connectivity index (χ2v) is 7.80. The molecule has 3 aromatic heterocycles. The van der Waals surface area contributed by atoms with Gasteiger partial charge < -0.3 is 20.0 Å². The van der Waals surface area contributed by atoms with Crippen LogP contribution < -0.4 is 16.1 Å². The van der Waals surface area contributed by atoms with Crippen molar-refractivity contribution in [2.24, 2.45) is 0 Å². The summed E-state index contributed by atoms with van der Waals surface area (Å²) in [6.45, 7) is 1.78. The topological polar surface area (TPSA) is 129 Å². The van der Waals surface area contributed by atoms with E-state index in [0.29, 0.717) is 37.8 Å². The molecule has 0 saturated carbocycles. The molecule has 5 aromatic rings. The zero-order valence-corrected chi connectivity index (χ0v) is 17.8. The number of aryl methyl sites for hydroxylation is 1. The van der Waals surface area contributed by atoms with Crippen LogP contribution in [-0.4, -0.2) is 24.9 Å². The van der Waals surface area contributed by atoms with Crippen molar-refractivity contribution in [3.63, 3.8) is 0 Å². The van der Waals surface area contributed by atoms with E-state index in [0.717, 1.165) is 6.07 Å². The summed E-state index contributed by atoms with van der Waals surface area (Å²) in [4.78, 5) is 20.2. The lowest BCUT2D eigenvalue weighted by Crippen LogP contribution is -2.02. The lowest BCUT2D eigenvalue weighted by atomic mass is 10.2. The van der Waals surface area contributed by atoms with Crippen LogP contribution >= 0.6 is 23.2 Å². The zero-order chi connectivity index (χ0) is 22.6. The Morgan fingerprint density at radius 1 is 1.09 bits per heavy atom. The van der Waals surface area contributed by atoms with E-state index in [1.807, 2.05) is 0 Å². The van der Waals surface area contributed by atoms with Gasteiger partial charge in [-0.05, 0) is 37.3 Å². The molecule has 9 nitrogen and oxygen atoms in total. The Labute approximate surface area is 189 Å². The van der Waals surface area contributed by atoms with Gasteiger partial charge in [-0.3, -0.25) is 0 Å². The van der Waals surface area contributed by atoms with E-state index in [1.165, 1.54) is 6.07 Å². The molecule has 0 atom stereocenters. The van der Waals surface area contributed by atoms with E-state index < -0.39 is 5.63 Å². The van der Waals surface area contributed by atoms with Gasteiger partial charge in [0, 0.05) is 16.1 Å². The van der Waals surface area contributed by atoms with Crippen LogP contribution in [-0.2, 0) is 0 Å². The Kier molecular flexibility index (Phi) is 4.65. The number of halogens is 2. The highest BCUT2D eigenvalue weighted by molar-refractivity contribution is 6.34. The van der Waals surface area contributed by atoms with Crippen molar-refractivity contribution in [3.8, 4) is 23.2 Å². The maximum Gasteiger partial charge on any atom is 0.339 e. The summed E-state index contributed by atoms with van der Waals surface area (Å²) in [7, 11) is 0. The number of hydrogen-bond acceptors (Lipinski definition) is 8. The molecule has 0 fully saturated rings. The number of rotatable bonds is 3. The predicted octanol–water partition coefficient (Wildman–Crippen LogP) is 4.62. The number of fused-ring (bicyclic) bond motifs is 2. The minimum absolute atomic E-state index is 0.0499. The van der Waals surface area contributed by atoms with Gasteiger partial charge in [-0.2, -0.15) is 15.1 Å². The molecule has 0 saturated heterocycles. The Morgan fingerprint density at radius 2 is 1.84 bits per heavy atom. The van der Waals surface area contributed by atoms with Gasteiger partial charge in [0.05, 0.1) is 28.2 Å². The summed E-state index contributed by atoms with van der Waals surface area (Å²) in [5, 5.41) is 16.2. The van der Waals surface area contributed by atoms with Crippen molar-refractivity contribution >= 4 is 51.0 Å². The molecule has 11 heteroatoms. The lowest BCUT2D eigenvalue weighted by molar-refractivity contribution is 0.442. The summed E-state index contributed by atoms with van der Waals surface area (Å²) < 4.78 is 12.4. The smallest absolute Gasteiger partial charge is 0.339 e. The van der Waals surface area contributed by atoms with Crippen LogP contribution in [0.25, 0.3) is 27.7 Å². The number of nitrogens with two attached hydrogens (primary N) is 1. The monoisotopic (exact) mass is 469 g/mol. The van der Waals surface area contributed by atoms with Crippen LogP contribution in [0.3, 0.4) is 0 Å². The Balaban J connectivity index is 1.63. The highest BCUT2D eigenvalue weighted by Gasteiger charge is 2.18. The normalized spacial score (nSPS) is 11.3. The fourth-order valence-corrected chi connectivity index (χ4v) is 3.89. The average molecular weight is 470 g/mol. The van der Waals surface area contributed by atoms with E-state index in [2.05, 4.69) is 15.1 Å². The van der Waals surface area contributed by atoms with Crippen LogP contribution in [0.5, 0.6) is 17.5 Å². The summed E-state index contributed by atoms with van der Waals surface area (Å²) in [5.74, 6) is 0.259. The van der Waals surface area contributed by atoms with Gasteiger partial charge in [0.15, 0.2) is 5.65 Å². The fourth-order valence-electron chi connectivity index (χ4n) is 3.37. The average Bonchev–Trinajstić information content (AvgIpc) is 3.03. The van der Waals surface area contributed by atoms with Crippen molar-refractivity contribution in [2.45, 2.75) is 6.92 Å². The van der Waals surface area contributed by atoms with Gasteiger partial charge in [-0.15, -0.1) is 0 Å². The first-order valence-electron chi connectivity index (χ1n) is 9.22. The van der Waals surface area contributed by atoms with Crippen molar-refractivity contribution in [1.82, 2.24) is 19.7 Å². The molecule has 0 aliphatic heterocycles. The Morgan fingerprint density at radius 3 is 2.59 bits per heavy atom. The van der Waals surface area contributed by atoms with E-state index in [-0.39, 0.29) is 28.9 Å². The number of benzene rings is 2. The number of anilines is 1. The highest BCUT2D eigenvalue weighted by Crippen LogP contribution is 2.31. The number of nitrogen functional groups attached to an aromatic ring is 1. The molecule has 3 N–H and O–H groups in total. The molecule has 0 amide bonds. The molecule has 0 spiro atoms. The van der Waals surface area contributed by atoms with Crippen LogP contribution in [0.1, 0.15) is 5.69 Å². The molecule has 0 unspecified atom stereocenters. The third kappa shape index (κ3) is 3.47. The molecule has 5 rings (SSSR count). The van der Waals surface area contributed by atoms with Gasteiger partial charge in [-0.25, -0.2) is 9.48 Å². The van der Waals surface area contributed by atoms with Gasteiger partial charge in [0.2, 0.25) is 0 Å². The summed E-state index contributed by atoms with van der Waals surface area (Å²) in [6.07, 6.45) is 0. The molecule has 2 aromatic carbocycles. The van der Waals surface area contributed by atoms with Gasteiger partial charge in [0.1, 0.15) is 22.9 Å². The number of ether oxygens (including phenoxy) is 1. The molecule has 0 radical (unpaired) electrons. The van der Waals surface area contributed by atoms with Crippen molar-refractivity contribution in [2.75, 3.05) is 5.73 Å².